The minimum absolute atomic E-state index is 0.00222. The second kappa shape index (κ2) is 4.37. The van der Waals surface area contributed by atoms with Gasteiger partial charge in [-0.05, 0) is 24.3 Å². The van der Waals surface area contributed by atoms with Crippen molar-refractivity contribution < 1.29 is 9.18 Å². The molecule has 0 saturated heterocycles. The maximum absolute atomic E-state index is 12.9. The van der Waals surface area contributed by atoms with E-state index in [0.717, 1.165) is 0 Å². The van der Waals surface area contributed by atoms with E-state index in [9.17, 15) is 9.18 Å². The van der Waals surface area contributed by atoms with E-state index in [2.05, 4.69) is 9.97 Å². The van der Waals surface area contributed by atoms with Crippen molar-refractivity contribution in [2.75, 3.05) is 0 Å². The van der Waals surface area contributed by atoms with E-state index in [4.69, 9.17) is 11.6 Å². The largest absolute Gasteiger partial charge is 0.296 e. The molecule has 0 saturated carbocycles. The minimum Gasteiger partial charge on any atom is -0.296 e. The SMILES string of the molecule is O=Cc1ccnc(-c2ccc(F)c(Cl)c2)n1. The highest BCUT2D eigenvalue weighted by atomic mass is 35.5. The topological polar surface area (TPSA) is 42.9 Å². The molecule has 16 heavy (non-hydrogen) atoms. The molecule has 0 atom stereocenters. The number of hydrogen-bond acceptors (Lipinski definition) is 3. The Morgan fingerprint density at radius 3 is 2.81 bits per heavy atom. The number of aldehydes is 1. The van der Waals surface area contributed by atoms with Crippen LogP contribution in [0.15, 0.2) is 30.5 Å². The van der Waals surface area contributed by atoms with E-state index < -0.39 is 5.82 Å². The first-order valence-corrected chi connectivity index (χ1v) is 4.82. The lowest BCUT2D eigenvalue weighted by Crippen LogP contribution is -1.93. The first kappa shape index (κ1) is 10.7. The summed E-state index contributed by atoms with van der Waals surface area (Å²) < 4.78 is 12.9. The highest BCUT2D eigenvalue weighted by molar-refractivity contribution is 6.31. The van der Waals surface area contributed by atoms with Crippen molar-refractivity contribution in [3.63, 3.8) is 0 Å². The molecule has 0 unspecified atom stereocenters. The van der Waals surface area contributed by atoms with Gasteiger partial charge >= 0.3 is 0 Å². The Morgan fingerprint density at radius 2 is 2.12 bits per heavy atom. The molecule has 2 rings (SSSR count). The summed E-state index contributed by atoms with van der Waals surface area (Å²) in [6.07, 6.45) is 2.08. The minimum atomic E-state index is -0.503. The summed E-state index contributed by atoms with van der Waals surface area (Å²) in [6.45, 7) is 0. The van der Waals surface area contributed by atoms with Gasteiger partial charge in [-0.1, -0.05) is 11.6 Å². The molecule has 0 spiro atoms. The number of rotatable bonds is 2. The lowest BCUT2D eigenvalue weighted by Gasteiger charge is -2.01. The average molecular weight is 237 g/mol. The van der Waals surface area contributed by atoms with Crippen LogP contribution in [0.1, 0.15) is 10.5 Å². The number of aromatic nitrogens is 2. The summed E-state index contributed by atoms with van der Waals surface area (Å²) in [7, 11) is 0. The summed E-state index contributed by atoms with van der Waals surface area (Å²) in [6, 6.07) is 5.64. The van der Waals surface area contributed by atoms with Crippen LogP contribution < -0.4 is 0 Å². The van der Waals surface area contributed by atoms with Crippen LogP contribution in [0.2, 0.25) is 5.02 Å². The summed E-state index contributed by atoms with van der Waals surface area (Å²) in [5.41, 5.74) is 0.834. The van der Waals surface area contributed by atoms with Crippen LogP contribution in [0, 0.1) is 5.82 Å². The molecule has 1 heterocycles. The number of benzene rings is 1. The van der Waals surface area contributed by atoms with Gasteiger partial charge in [-0.25, -0.2) is 14.4 Å². The molecule has 0 radical (unpaired) electrons. The molecule has 0 bridgehead atoms. The van der Waals surface area contributed by atoms with Gasteiger partial charge in [-0.3, -0.25) is 4.79 Å². The fraction of sp³-hybridized carbons (Fsp3) is 0. The van der Waals surface area contributed by atoms with E-state index in [1.807, 2.05) is 0 Å². The number of carbonyl (C=O) groups is 1. The van der Waals surface area contributed by atoms with Crippen LogP contribution in [0.25, 0.3) is 11.4 Å². The van der Waals surface area contributed by atoms with E-state index in [-0.39, 0.29) is 10.7 Å². The maximum Gasteiger partial charge on any atom is 0.168 e. The van der Waals surface area contributed by atoms with E-state index >= 15 is 0 Å². The molecule has 0 aliphatic rings. The molecule has 2 aromatic rings. The standard InChI is InChI=1S/C11H6ClFN2O/c12-9-5-7(1-2-10(9)13)11-14-4-3-8(6-16)15-11/h1-6H. The third-order valence-corrected chi connectivity index (χ3v) is 2.27. The lowest BCUT2D eigenvalue weighted by atomic mass is 10.2. The number of halogens is 2. The monoisotopic (exact) mass is 236 g/mol. The predicted molar refractivity (Wildman–Crippen MR) is 57.8 cm³/mol. The number of carbonyl (C=O) groups excluding carboxylic acids is 1. The van der Waals surface area contributed by atoms with Gasteiger partial charge in [0, 0.05) is 11.8 Å². The molecule has 0 amide bonds. The van der Waals surface area contributed by atoms with Crippen molar-refractivity contribution >= 4 is 17.9 Å². The van der Waals surface area contributed by atoms with E-state index in [1.165, 1.54) is 30.5 Å². The second-order valence-corrected chi connectivity index (χ2v) is 3.46. The van der Waals surface area contributed by atoms with Crippen molar-refractivity contribution in [2.24, 2.45) is 0 Å². The zero-order valence-corrected chi connectivity index (χ0v) is 8.78. The van der Waals surface area contributed by atoms with Crippen LogP contribution in [0.4, 0.5) is 4.39 Å². The Kier molecular flexibility index (Phi) is 2.92. The molecule has 1 aromatic carbocycles. The van der Waals surface area contributed by atoms with Crippen LogP contribution in [-0.4, -0.2) is 16.3 Å². The molecule has 5 heteroatoms. The van der Waals surface area contributed by atoms with Gasteiger partial charge in [0.25, 0.3) is 0 Å². The second-order valence-electron chi connectivity index (χ2n) is 3.05. The predicted octanol–water partition coefficient (Wildman–Crippen LogP) is 2.75. The average Bonchev–Trinajstić information content (AvgIpc) is 2.33. The van der Waals surface area contributed by atoms with Crippen LogP contribution >= 0.6 is 11.6 Å². The molecule has 0 aliphatic carbocycles. The summed E-state index contributed by atoms with van der Waals surface area (Å²) in [5.74, 6) is -0.163. The smallest absolute Gasteiger partial charge is 0.168 e. The van der Waals surface area contributed by atoms with Gasteiger partial charge in [0.15, 0.2) is 12.1 Å². The van der Waals surface area contributed by atoms with Gasteiger partial charge in [-0.2, -0.15) is 0 Å². The molecule has 3 nitrogen and oxygen atoms in total. The molecule has 0 N–H and O–H groups in total. The quantitative estimate of drug-likeness (QED) is 0.753. The summed E-state index contributed by atoms with van der Waals surface area (Å²) >= 11 is 5.64. The fourth-order valence-corrected chi connectivity index (χ4v) is 1.39. The van der Waals surface area contributed by atoms with Crippen molar-refractivity contribution in [1.82, 2.24) is 9.97 Å². The van der Waals surface area contributed by atoms with Crippen LogP contribution in [-0.2, 0) is 0 Å². The van der Waals surface area contributed by atoms with Crippen molar-refractivity contribution in [2.45, 2.75) is 0 Å². The Labute approximate surface area is 95.9 Å². The van der Waals surface area contributed by atoms with E-state index in [1.54, 1.807) is 0 Å². The fourth-order valence-electron chi connectivity index (χ4n) is 1.21. The van der Waals surface area contributed by atoms with Gasteiger partial charge < -0.3 is 0 Å². The van der Waals surface area contributed by atoms with Crippen molar-refractivity contribution in [3.05, 3.63) is 47.0 Å². The third kappa shape index (κ3) is 2.06. The van der Waals surface area contributed by atoms with Gasteiger partial charge in [-0.15, -0.1) is 0 Å². The van der Waals surface area contributed by atoms with Gasteiger partial charge in [0.2, 0.25) is 0 Å². The van der Waals surface area contributed by atoms with Crippen LogP contribution in [0.5, 0.6) is 0 Å². The third-order valence-electron chi connectivity index (χ3n) is 1.98. The molecule has 80 valence electrons. The lowest BCUT2D eigenvalue weighted by molar-refractivity contribution is 0.111. The first-order valence-electron chi connectivity index (χ1n) is 4.44. The van der Waals surface area contributed by atoms with Crippen LogP contribution in [0.3, 0.4) is 0 Å². The zero-order valence-electron chi connectivity index (χ0n) is 8.02. The number of hydrogen-bond donors (Lipinski definition) is 0. The Balaban J connectivity index is 2.49. The summed E-state index contributed by atoms with van der Waals surface area (Å²) in [4.78, 5) is 18.5. The molecular formula is C11H6ClFN2O. The van der Waals surface area contributed by atoms with Crippen molar-refractivity contribution in [3.8, 4) is 11.4 Å². The Bertz CT molecular complexity index is 545. The maximum atomic E-state index is 12.9. The molecule has 0 aliphatic heterocycles. The van der Waals surface area contributed by atoms with Gasteiger partial charge in [0.1, 0.15) is 11.5 Å². The Morgan fingerprint density at radius 1 is 1.31 bits per heavy atom. The van der Waals surface area contributed by atoms with E-state index in [0.29, 0.717) is 17.7 Å². The molecule has 1 aromatic heterocycles. The normalized spacial score (nSPS) is 10.1. The first-order chi connectivity index (χ1) is 7.70. The summed E-state index contributed by atoms with van der Waals surface area (Å²) in [5, 5.41) is -0.00222. The molecule has 0 fully saturated rings. The zero-order chi connectivity index (χ0) is 11.5. The number of nitrogens with zero attached hydrogens (tertiary/aromatic N) is 2. The molecular weight excluding hydrogens is 231 g/mol. The highest BCUT2D eigenvalue weighted by Crippen LogP contribution is 2.21. The van der Waals surface area contributed by atoms with Crippen molar-refractivity contribution in [1.29, 1.82) is 0 Å². The Hall–Kier alpha value is -1.81. The highest BCUT2D eigenvalue weighted by Gasteiger charge is 2.05. The van der Waals surface area contributed by atoms with Gasteiger partial charge in [0.05, 0.1) is 5.02 Å².